The number of carbonyl (C=O) groups is 1. The molecule has 0 bridgehead atoms. The first kappa shape index (κ1) is 23.6. The monoisotopic (exact) mass is 450 g/mol. The number of benzene rings is 3. The van der Waals surface area contributed by atoms with Gasteiger partial charge in [-0.05, 0) is 35.1 Å². The highest BCUT2D eigenvalue weighted by Crippen LogP contribution is 2.41. The van der Waals surface area contributed by atoms with Crippen LogP contribution in [0.1, 0.15) is 32.6 Å². The molecule has 0 saturated heterocycles. The lowest BCUT2D eigenvalue weighted by Gasteiger charge is -2.23. The van der Waals surface area contributed by atoms with Gasteiger partial charge in [0.05, 0.1) is 20.3 Å². The number of hydrogen-bond donors (Lipinski definition) is 1. The number of methoxy groups -OCH3 is 1. The summed E-state index contributed by atoms with van der Waals surface area (Å²) in [5.74, 6) is -0.351. The zero-order valence-electron chi connectivity index (χ0n) is 18.1. The summed E-state index contributed by atoms with van der Waals surface area (Å²) in [6.45, 7) is 4.51. The van der Waals surface area contributed by atoms with Gasteiger partial charge in [-0.2, -0.15) is 0 Å². The van der Waals surface area contributed by atoms with Crippen molar-refractivity contribution in [3.8, 4) is 16.9 Å². The number of ether oxygens (including phenoxy) is 2. The number of aromatic hydroxyl groups is 1. The van der Waals surface area contributed by atoms with Crippen LogP contribution < -0.4 is 0 Å². The largest absolute Gasteiger partial charge is 0.507 e. The number of rotatable bonds is 10. The Balaban J connectivity index is 2.19. The van der Waals surface area contributed by atoms with Gasteiger partial charge in [-0.3, -0.25) is 0 Å². The molecule has 3 rings (SSSR count). The molecular formula is C27H27ClO4. The molecule has 0 amide bonds. The molecule has 32 heavy (non-hydrogen) atoms. The van der Waals surface area contributed by atoms with Gasteiger partial charge in [0.25, 0.3) is 0 Å². The minimum absolute atomic E-state index is 0.104. The minimum Gasteiger partial charge on any atom is -0.507 e. The van der Waals surface area contributed by atoms with Gasteiger partial charge in [0.2, 0.25) is 0 Å². The molecule has 0 aromatic heterocycles. The molecule has 0 radical (unpaired) electrons. The van der Waals surface area contributed by atoms with E-state index in [4.69, 9.17) is 21.1 Å². The smallest absolute Gasteiger partial charge is 0.342 e. The quantitative estimate of drug-likeness (QED) is 0.231. The van der Waals surface area contributed by atoms with E-state index in [0.717, 1.165) is 22.3 Å². The topological polar surface area (TPSA) is 55.8 Å². The predicted molar refractivity (Wildman–Crippen MR) is 128 cm³/mol. The van der Waals surface area contributed by atoms with Crippen LogP contribution in [0.15, 0.2) is 73.3 Å². The summed E-state index contributed by atoms with van der Waals surface area (Å²) in [7, 11) is 1.31. The summed E-state index contributed by atoms with van der Waals surface area (Å²) in [5, 5.41) is 11.2. The third-order valence-electron chi connectivity index (χ3n) is 5.31. The maximum absolute atomic E-state index is 12.8. The van der Waals surface area contributed by atoms with Crippen LogP contribution in [0.3, 0.4) is 0 Å². The molecule has 1 N–H and O–H groups in total. The van der Waals surface area contributed by atoms with Crippen LogP contribution in [0.2, 0.25) is 0 Å². The van der Waals surface area contributed by atoms with Gasteiger partial charge >= 0.3 is 5.97 Å². The number of esters is 1. The van der Waals surface area contributed by atoms with E-state index in [2.05, 4.69) is 6.58 Å². The Labute approximate surface area is 194 Å². The number of phenolic OH excluding ortho intramolecular Hbond substituents is 1. The summed E-state index contributed by atoms with van der Waals surface area (Å²) in [4.78, 5) is 12.8. The summed E-state index contributed by atoms with van der Waals surface area (Å²) in [6, 6.07) is 19.4. The highest BCUT2D eigenvalue weighted by atomic mass is 35.5. The maximum Gasteiger partial charge on any atom is 0.342 e. The SMILES string of the molecule is C=CCc1c(O)c(C(=O)OC)c(-c2ccccc2)c(CCCl)c1COCc1ccccc1. The normalized spacial score (nSPS) is 10.7. The van der Waals surface area contributed by atoms with Crippen LogP contribution in [0.25, 0.3) is 11.1 Å². The van der Waals surface area contributed by atoms with Crippen LogP contribution in [-0.2, 0) is 35.5 Å². The molecule has 4 nitrogen and oxygen atoms in total. The summed E-state index contributed by atoms with van der Waals surface area (Å²) in [6.07, 6.45) is 2.58. The van der Waals surface area contributed by atoms with Gasteiger partial charge in [-0.1, -0.05) is 66.7 Å². The van der Waals surface area contributed by atoms with Crippen molar-refractivity contribution < 1.29 is 19.4 Å². The average Bonchev–Trinajstić information content (AvgIpc) is 2.83. The number of halogens is 1. The molecule has 5 heteroatoms. The van der Waals surface area contributed by atoms with Crippen LogP contribution in [0, 0.1) is 0 Å². The Morgan fingerprint density at radius 2 is 1.66 bits per heavy atom. The molecule has 0 saturated carbocycles. The van der Waals surface area contributed by atoms with Gasteiger partial charge in [-0.15, -0.1) is 18.2 Å². The van der Waals surface area contributed by atoms with Gasteiger partial charge in [-0.25, -0.2) is 4.79 Å². The predicted octanol–water partition coefficient (Wildman–Crippen LogP) is 6.07. The molecule has 166 valence electrons. The van der Waals surface area contributed by atoms with Crippen LogP contribution in [0.4, 0.5) is 0 Å². The van der Waals surface area contributed by atoms with E-state index in [1.54, 1.807) is 6.08 Å². The van der Waals surface area contributed by atoms with Gasteiger partial charge in [0.15, 0.2) is 0 Å². The number of allylic oxidation sites excluding steroid dienone is 1. The van der Waals surface area contributed by atoms with Crippen LogP contribution >= 0.6 is 11.6 Å². The molecule has 0 aliphatic rings. The molecule has 0 aliphatic heterocycles. The van der Waals surface area contributed by atoms with E-state index >= 15 is 0 Å². The fraction of sp³-hybridized carbons (Fsp3) is 0.222. The van der Waals surface area contributed by atoms with Crippen molar-refractivity contribution in [3.05, 3.63) is 101 Å². The molecule has 0 fully saturated rings. The van der Waals surface area contributed by atoms with Gasteiger partial charge in [0.1, 0.15) is 11.3 Å². The van der Waals surface area contributed by atoms with Crippen molar-refractivity contribution in [1.29, 1.82) is 0 Å². The molecule has 3 aromatic carbocycles. The van der Waals surface area contributed by atoms with Gasteiger partial charge in [0, 0.05) is 17.0 Å². The molecule has 3 aromatic rings. The first-order valence-corrected chi connectivity index (χ1v) is 11.0. The van der Waals surface area contributed by atoms with Crippen molar-refractivity contribution in [2.75, 3.05) is 13.0 Å². The van der Waals surface area contributed by atoms with E-state index in [-0.39, 0.29) is 17.9 Å². The minimum atomic E-state index is -0.598. The van der Waals surface area contributed by atoms with E-state index in [9.17, 15) is 9.90 Å². The summed E-state index contributed by atoms with van der Waals surface area (Å²) >= 11 is 6.19. The second kappa shape index (κ2) is 11.5. The fourth-order valence-corrected chi connectivity index (χ4v) is 4.06. The Morgan fingerprint density at radius 3 is 2.25 bits per heavy atom. The standard InChI is InChI=1S/C27H27ClO4/c1-3-10-22-23(18-32-17-19-11-6-4-7-12-19)21(15-16-28)24(20-13-8-5-9-14-20)25(26(22)29)27(30)31-2/h3-9,11-14,29H,1,10,15-18H2,2H3. The molecule has 0 atom stereocenters. The van der Waals surface area contributed by atoms with Gasteiger partial charge < -0.3 is 14.6 Å². The Kier molecular flexibility index (Phi) is 8.48. The third kappa shape index (κ3) is 5.21. The zero-order valence-corrected chi connectivity index (χ0v) is 18.9. The first-order valence-electron chi connectivity index (χ1n) is 10.4. The Hall–Kier alpha value is -3.08. The number of carbonyl (C=O) groups excluding carboxylic acids is 1. The van der Waals surface area contributed by atoms with Crippen molar-refractivity contribution >= 4 is 17.6 Å². The van der Waals surface area contributed by atoms with E-state index < -0.39 is 5.97 Å². The second-order valence-corrected chi connectivity index (χ2v) is 7.68. The number of hydrogen-bond acceptors (Lipinski definition) is 4. The summed E-state index contributed by atoms with van der Waals surface area (Å²) < 4.78 is 11.1. The maximum atomic E-state index is 12.8. The lowest BCUT2D eigenvalue weighted by molar-refractivity contribution is 0.0597. The Morgan fingerprint density at radius 1 is 1.00 bits per heavy atom. The molecule has 0 unspecified atom stereocenters. The third-order valence-corrected chi connectivity index (χ3v) is 5.49. The van der Waals surface area contributed by atoms with Crippen molar-refractivity contribution in [2.24, 2.45) is 0 Å². The van der Waals surface area contributed by atoms with Crippen LogP contribution in [-0.4, -0.2) is 24.1 Å². The molecule has 0 heterocycles. The van der Waals surface area contributed by atoms with E-state index in [1.807, 2.05) is 60.7 Å². The van der Waals surface area contributed by atoms with Crippen molar-refractivity contribution in [3.63, 3.8) is 0 Å². The molecular weight excluding hydrogens is 424 g/mol. The van der Waals surface area contributed by atoms with Crippen molar-refractivity contribution in [1.82, 2.24) is 0 Å². The first-order chi connectivity index (χ1) is 15.6. The van der Waals surface area contributed by atoms with Crippen LogP contribution in [0.5, 0.6) is 5.75 Å². The molecule has 0 spiro atoms. The zero-order chi connectivity index (χ0) is 22.9. The highest BCUT2D eigenvalue weighted by molar-refractivity contribution is 6.18. The highest BCUT2D eigenvalue weighted by Gasteiger charge is 2.28. The Bertz CT molecular complexity index is 1060. The van der Waals surface area contributed by atoms with Crippen molar-refractivity contribution in [2.45, 2.75) is 26.1 Å². The second-order valence-electron chi connectivity index (χ2n) is 7.30. The summed E-state index contributed by atoms with van der Waals surface area (Å²) in [5.41, 5.74) is 4.92. The lowest BCUT2D eigenvalue weighted by atomic mass is 9.84. The lowest BCUT2D eigenvalue weighted by Crippen LogP contribution is -2.13. The van der Waals surface area contributed by atoms with E-state index in [1.165, 1.54) is 7.11 Å². The van der Waals surface area contributed by atoms with E-state index in [0.29, 0.717) is 36.5 Å². The number of alkyl halides is 1. The fourth-order valence-electron chi connectivity index (χ4n) is 3.87. The number of phenols is 1. The average molecular weight is 451 g/mol. The molecule has 0 aliphatic carbocycles.